The largest absolute Gasteiger partial charge is 0.475 e. The van der Waals surface area contributed by atoms with Gasteiger partial charge in [0.25, 0.3) is 0 Å². The van der Waals surface area contributed by atoms with Crippen LogP contribution in [0.25, 0.3) is 23.1 Å². The van der Waals surface area contributed by atoms with Gasteiger partial charge in [0.1, 0.15) is 5.58 Å². The highest BCUT2D eigenvalue weighted by molar-refractivity contribution is 6.01. The Morgan fingerprint density at radius 1 is 0.950 bits per heavy atom. The van der Waals surface area contributed by atoms with Gasteiger partial charge < -0.3 is 9.52 Å². The normalized spacial score (nSPS) is 11.2. The number of hydrogen-bond donors (Lipinski definition) is 1. The van der Waals surface area contributed by atoms with Crippen LogP contribution in [-0.4, -0.2) is 11.1 Å². The van der Waals surface area contributed by atoms with Crippen LogP contribution in [0.3, 0.4) is 0 Å². The van der Waals surface area contributed by atoms with Gasteiger partial charge in [-0.15, -0.1) is 0 Å². The maximum atomic E-state index is 11.3. The molecular formula is C17H12O3. The van der Waals surface area contributed by atoms with Crippen LogP contribution in [0.1, 0.15) is 21.7 Å². The van der Waals surface area contributed by atoms with Gasteiger partial charge in [0.15, 0.2) is 0 Å². The van der Waals surface area contributed by atoms with Crippen molar-refractivity contribution in [3.63, 3.8) is 0 Å². The summed E-state index contributed by atoms with van der Waals surface area (Å²) < 4.78 is 5.40. The van der Waals surface area contributed by atoms with Gasteiger partial charge in [-0.1, -0.05) is 54.6 Å². The zero-order valence-corrected chi connectivity index (χ0v) is 10.6. The molecule has 3 aromatic rings. The fourth-order valence-electron chi connectivity index (χ4n) is 2.13. The molecule has 0 saturated carbocycles. The minimum absolute atomic E-state index is 0.0293. The van der Waals surface area contributed by atoms with E-state index in [1.54, 1.807) is 12.1 Å². The van der Waals surface area contributed by atoms with Crippen LogP contribution < -0.4 is 0 Å². The maximum absolute atomic E-state index is 11.3. The molecule has 3 nitrogen and oxygen atoms in total. The highest BCUT2D eigenvalue weighted by Crippen LogP contribution is 2.27. The van der Waals surface area contributed by atoms with Gasteiger partial charge >= 0.3 is 5.97 Å². The fourth-order valence-corrected chi connectivity index (χ4v) is 2.13. The van der Waals surface area contributed by atoms with E-state index in [0.29, 0.717) is 11.1 Å². The number of carboxylic acids is 1. The Morgan fingerprint density at radius 3 is 2.40 bits per heavy atom. The minimum Gasteiger partial charge on any atom is -0.475 e. The van der Waals surface area contributed by atoms with Crippen molar-refractivity contribution in [2.75, 3.05) is 0 Å². The lowest BCUT2D eigenvalue weighted by atomic mass is 10.1. The quantitative estimate of drug-likeness (QED) is 0.767. The molecule has 3 heteroatoms. The van der Waals surface area contributed by atoms with E-state index in [4.69, 9.17) is 4.42 Å². The van der Waals surface area contributed by atoms with Crippen molar-refractivity contribution in [3.8, 4) is 0 Å². The first-order chi connectivity index (χ1) is 9.75. The molecule has 0 spiro atoms. The van der Waals surface area contributed by atoms with Crippen LogP contribution in [0.15, 0.2) is 59.0 Å². The first-order valence-corrected chi connectivity index (χ1v) is 6.23. The lowest BCUT2D eigenvalue weighted by molar-refractivity contribution is 0.0664. The molecule has 0 fully saturated rings. The van der Waals surface area contributed by atoms with Crippen LogP contribution >= 0.6 is 0 Å². The zero-order chi connectivity index (χ0) is 13.9. The summed E-state index contributed by atoms with van der Waals surface area (Å²) in [6.45, 7) is 0. The molecule has 98 valence electrons. The molecule has 2 aromatic carbocycles. The van der Waals surface area contributed by atoms with E-state index in [1.165, 1.54) is 0 Å². The van der Waals surface area contributed by atoms with Gasteiger partial charge in [-0.05, 0) is 17.7 Å². The molecule has 0 aliphatic heterocycles. The van der Waals surface area contributed by atoms with Gasteiger partial charge in [-0.2, -0.15) is 0 Å². The van der Waals surface area contributed by atoms with Crippen molar-refractivity contribution < 1.29 is 14.3 Å². The maximum Gasteiger partial charge on any atom is 0.372 e. The van der Waals surface area contributed by atoms with Gasteiger partial charge in [-0.3, -0.25) is 0 Å². The third-order valence-electron chi connectivity index (χ3n) is 3.07. The molecule has 1 heterocycles. The molecule has 0 atom stereocenters. The Labute approximate surface area is 115 Å². The second kappa shape index (κ2) is 5.05. The number of carboxylic acid groups (broad SMARTS) is 1. The van der Waals surface area contributed by atoms with E-state index in [-0.39, 0.29) is 5.76 Å². The summed E-state index contributed by atoms with van der Waals surface area (Å²) in [6, 6.07) is 17.0. The zero-order valence-electron chi connectivity index (χ0n) is 10.6. The predicted molar refractivity (Wildman–Crippen MR) is 78.5 cm³/mol. The molecule has 0 aliphatic carbocycles. The number of fused-ring (bicyclic) bond motifs is 1. The Morgan fingerprint density at radius 2 is 1.65 bits per heavy atom. The molecule has 0 amide bonds. The number of furan rings is 1. The number of carbonyl (C=O) groups is 1. The average molecular weight is 264 g/mol. The fraction of sp³-hybridized carbons (Fsp3) is 0. The summed E-state index contributed by atoms with van der Waals surface area (Å²) in [7, 11) is 0. The summed E-state index contributed by atoms with van der Waals surface area (Å²) in [6.07, 6.45) is 3.66. The van der Waals surface area contributed by atoms with Gasteiger partial charge in [0, 0.05) is 10.9 Å². The molecule has 3 rings (SSSR count). The predicted octanol–water partition coefficient (Wildman–Crippen LogP) is 4.30. The van der Waals surface area contributed by atoms with E-state index < -0.39 is 5.97 Å². The van der Waals surface area contributed by atoms with Crippen LogP contribution in [0.2, 0.25) is 0 Å². The highest BCUT2D eigenvalue weighted by atomic mass is 16.4. The van der Waals surface area contributed by atoms with Crippen molar-refractivity contribution in [3.05, 3.63) is 71.5 Å². The molecule has 0 unspecified atom stereocenters. The molecule has 0 bridgehead atoms. The number of rotatable bonds is 3. The third-order valence-corrected chi connectivity index (χ3v) is 3.07. The first-order valence-electron chi connectivity index (χ1n) is 6.23. The Kier molecular flexibility index (Phi) is 3.09. The molecule has 0 saturated heterocycles. The van der Waals surface area contributed by atoms with Crippen LogP contribution in [-0.2, 0) is 0 Å². The molecule has 0 radical (unpaired) electrons. The lowest BCUT2D eigenvalue weighted by Crippen LogP contribution is -1.95. The second-order valence-corrected chi connectivity index (χ2v) is 4.39. The van der Waals surface area contributed by atoms with Crippen molar-refractivity contribution in [1.29, 1.82) is 0 Å². The molecule has 20 heavy (non-hydrogen) atoms. The SMILES string of the molecule is O=C(O)c1oc2ccccc2c1/C=C\c1ccccc1. The first kappa shape index (κ1) is 12.2. The van der Waals surface area contributed by atoms with Crippen LogP contribution in [0.5, 0.6) is 0 Å². The highest BCUT2D eigenvalue weighted by Gasteiger charge is 2.17. The third kappa shape index (κ3) is 2.21. The molecule has 0 aliphatic rings. The Balaban J connectivity index is 2.12. The summed E-state index contributed by atoms with van der Waals surface area (Å²) >= 11 is 0. The van der Waals surface area contributed by atoms with E-state index in [0.717, 1.165) is 10.9 Å². The second-order valence-electron chi connectivity index (χ2n) is 4.39. The lowest BCUT2D eigenvalue weighted by Gasteiger charge is -1.94. The number of benzene rings is 2. The van der Waals surface area contributed by atoms with Crippen molar-refractivity contribution in [2.24, 2.45) is 0 Å². The summed E-state index contributed by atoms with van der Waals surface area (Å²) in [5.41, 5.74) is 2.18. The van der Waals surface area contributed by atoms with Gasteiger partial charge in [0.05, 0.1) is 0 Å². The van der Waals surface area contributed by atoms with E-state index in [9.17, 15) is 9.90 Å². The average Bonchev–Trinajstić information content (AvgIpc) is 2.85. The van der Waals surface area contributed by atoms with Gasteiger partial charge in [0.2, 0.25) is 5.76 Å². The van der Waals surface area contributed by atoms with Crippen molar-refractivity contribution >= 4 is 29.1 Å². The summed E-state index contributed by atoms with van der Waals surface area (Å²) in [5, 5.41) is 10.0. The number of para-hydroxylation sites is 1. The van der Waals surface area contributed by atoms with E-state index in [2.05, 4.69) is 0 Å². The number of aromatic carboxylic acids is 1. The van der Waals surface area contributed by atoms with Crippen molar-refractivity contribution in [2.45, 2.75) is 0 Å². The van der Waals surface area contributed by atoms with E-state index >= 15 is 0 Å². The van der Waals surface area contributed by atoms with E-state index in [1.807, 2.05) is 54.6 Å². The van der Waals surface area contributed by atoms with Crippen molar-refractivity contribution in [1.82, 2.24) is 0 Å². The standard InChI is InChI=1S/C17H12O3/c18-17(19)16-14(11-10-12-6-2-1-3-7-12)13-8-4-5-9-15(13)20-16/h1-11H,(H,18,19)/b11-10-. The summed E-state index contributed by atoms with van der Waals surface area (Å²) in [5.74, 6) is -1.09. The molecular weight excluding hydrogens is 252 g/mol. The topological polar surface area (TPSA) is 50.4 Å². The molecule has 1 N–H and O–H groups in total. The van der Waals surface area contributed by atoms with Gasteiger partial charge in [-0.25, -0.2) is 4.79 Å². The summed E-state index contributed by atoms with van der Waals surface area (Å²) in [4.78, 5) is 11.3. The minimum atomic E-state index is -1.06. The monoisotopic (exact) mass is 264 g/mol. The van der Waals surface area contributed by atoms with Crippen LogP contribution in [0, 0.1) is 0 Å². The molecule has 1 aromatic heterocycles. The Bertz CT molecular complexity index is 782. The van der Waals surface area contributed by atoms with Crippen LogP contribution in [0.4, 0.5) is 0 Å². The Hall–Kier alpha value is -2.81. The number of hydrogen-bond acceptors (Lipinski definition) is 2. The smallest absolute Gasteiger partial charge is 0.372 e.